The molecule has 1 unspecified atom stereocenters. The molecule has 2 rings (SSSR count). The van der Waals surface area contributed by atoms with Crippen LogP contribution in [0, 0.1) is 0 Å². The van der Waals surface area contributed by atoms with Gasteiger partial charge in [0.15, 0.2) is 0 Å². The van der Waals surface area contributed by atoms with E-state index in [1.807, 2.05) is 4.68 Å². The zero-order chi connectivity index (χ0) is 12.1. The maximum atomic E-state index is 5.59. The Labute approximate surface area is 105 Å². The molecule has 2 aromatic rings. The highest BCUT2D eigenvalue weighted by Gasteiger charge is 2.13. The molecule has 0 amide bonds. The molecule has 0 bridgehead atoms. The van der Waals surface area contributed by atoms with Crippen molar-refractivity contribution in [3.63, 3.8) is 0 Å². The standard InChI is InChI=1S/C11H17N5S/c1-2-16-11(13-8-14-16)6-10(15-12)5-9-3-4-17-7-9/h3-4,7-8,10,15H,2,5-6,12H2,1H3. The Morgan fingerprint density at radius 3 is 3.06 bits per heavy atom. The van der Waals surface area contributed by atoms with Crippen LogP contribution in [0.25, 0.3) is 0 Å². The second-order valence-electron chi connectivity index (χ2n) is 3.90. The summed E-state index contributed by atoms with van der Waals surface area (Å²) in [4.78, 5) is 4.26. The molecule has 0 radical (unpaired) electrons. The molecule has 2 aromatic heterocycles. The number of rotatable bonds is 6. The maximum absolute atomic E-state index is 5.59. The van der Waals surface area contributed by atoms with Gasteiger partial charge < -0.3 is 0 Å². The smallest absolute Gasteiger partial charge is 0.138 e. The fraction of sp³-hybridized carbons (Fsp3) is 0.455. The van der Waals surface area contributed by atoms with E-state index in [0.717, 1.165) is 25.2 Å². The zero-order valence-corrected chi connectivity index (χ0v) is 10.7. The molecule has 17 heavy (non-hydrogen) atoms. The van der Waals surface area contributed by atoms with Crippen LogP contribution < -0.4 is 11.3 Å². The lowest BCUT2D eigenvalue weighted by molar-refractivity contribution is 0.490. The molecule has 0 aromatic carbocycles. The number of hydrogen-bond acceptors (Lipinski definition) is 5. The number of aromatic nitrogens is 3. The van der Waals surface area contributed by atoms with E-state index in [-0.39, 0.29) is 6.04 Å². The van der Waals surface area contributed by atoms with Gasteiger partial charge in [0.25, 0.3) is 0 Å². The highest BCUT2D eigenvalue weighted by atomic mass is 32.1. The van der Waals surface area contributed by atoms with Crippen molar-refractivity contribution in [2.24, 2.45) is 5.84 Å². The first-order chi connectivity index (χ1) is 8.33. The van der Waals surface area contributed by atoms with E-state index < -0.39 is 0 Å². The topological polar surface area (TPSA) is 68.8 Å². The van der Waals surface area contributed by atoms with Crippen molar-refractivity contribution in [1.29, 1.82) is 0 Å². The van der Waals surface area contributed by atoms with Crippen molar-refractivity contribution in [3.8, 4) is 0 Å². The molecule has 5 nitrogen and oxygen atoms in total. The highest BCUT2D eigenvalue weighted by Crippen LogP contribution is 2.10. The Balaban J connectivity index is 2.00. The van der Waals surface area contributed by atoms with Gasteiger partial charge in [-0.1, -0.05) is 0 Å². The van der Waals surface area contributed by atoms with E-state index in [4.69, 9.17) is 5.84 Å². The monoisotopic (exact) mass is 251 g/mol. The van der Waals surface area contributed by atoms with Gasteiger partial charge in [0.2, 0.25) is 0 Å². The minimum Gasteiger partial charge on any atom is -0.271 e. The number of aryl methyl sites for hydroxylation is 1. The summed E-state index contributed by atoms with van der Waals surface area (Å²) in [7, 11) is 0. The first kappa shape index (κ1) is 12.2. The van der Waals surface area contributed by atoms with E-state index in [2.05, 4.69) is 39.3 Å². The van der Waals surface area contributed by atoms with Crippen LogP contribution in [0.5, 0.6) is 0 Å². The van der Waals surface area contributed by atoms with Crippen LogP contribution in [-0.2, 0) is 19.4 Å². The normalized spacial score (nSPS) is 12.8. The van der Waals surface area contributed by atoms with Crippen LogP contribution in [0.2, 0.25) is 0 Å². The predicted octanol–water partition coefficient (Wildman–Crippen LogP) is 0.977. The number of hydrazine groups is 1. The van der Waals surface area contributed by atoms with Crippen molar-refractivity contribution < 1.29 is 0 Å². The van der Waals surface area contributed by atoms with Gasteiger partial charge in [-0.3, -0.25) is 16.0 Å². The molecule has 1 atom stereocenters. The molecule has 6 heteroatoms. The molecule has 3 N–H and O–H groups in total. The third kappa shape index (κ3) is 3.12. The van der Waals surface area contributed by atoms with E-state index in [9.17, 15) is 0 Å². The van der Waals surface area contributed by atoms with Crippen molar-refractivity contribution >= 4 is 11.3 Å². The Hall–Kier alpha value is -1.24. The summed E-state index contributed by atoms with van der Waals surface area (Å²) in [6, 6.07) is 2.32. The number of nitrogens with zero attached hydrogens (tertiary/aromatic N) is 3. The minimum absolute atomic E-state index is 0.194. The summed E-state index contributed by atoms with van der Waals surface area (Å²) in [5, 5.41) is 8.39. The molecule has 0 fully saturated rings. The molecule has 0 spiro atoms. The molecule has 2 heterocycles. The van der Waals surface area contributed by atoms with E-state index in [1.54, 1.807) is 17.7 Å². The predicted molar refractivity (Wildman–Crippen MR) is 68.5 cm³/mol. The summed E-state index contributed by atoms with van der Waals surface area (Å²) in [5.41, 5.74) is 4.16. The Bertz CT molecular complexity index is 436. The Morgan fingerprint density at radius 2 is 2.41 bits per heavy atom. The van der Waals surface area contributed by atoms with E-state index >= 15 is 0 Å². The van der Waals surface area contributed by atoms with Gasteiger partial charge in [-0.25, -0.2) is 4.98 Å². The molecule has 0 aliphatic heterocycles. The largest absolute Gasteiger partial charge is 0.271 e. The van der Waals surface area contributed by atoms with Crippen LogP contribution in [0.4, 0.5) is 0 Å². The van der Waals surface area contributed by atoms with Gasteiger partial charge in [-0.2, -0.15) is 16.4 Å². The maximum Gasteiger partial charge on any atom is 0.138 e. The summed E-state index contributed by atoms with van der Waals surface area (Å²) in [5.74, 6) is 6.57. The van der Waals surface area contributed by atoms with Crippen molar-refractivity contribution in [1.82, 2.24) is 20.2 Å². The highest BCUT2D eigenvalue weighted by molar-refractivity contribution is 7.07. The molecular formula is C11H17N5S. The van der Waals surface area contributed by atoms with E-state index in [0.29, 0.717) is 0 Å². The summed E-state index contributed by atoms with van der Waals surface area (Å²) < 4.78 is 1.90. The lowest BCUT2D eigenvalue weighted by Crippen LogP contribution is -2.39. The number of nitrogens with two attached hydrogens (primary N) is 1. The molecule has 0 aliphatic rings. The van der Waals surface area contributed by atoms with Gasteiger partial charge in [0.1, 0.15) is 12.2 Å². The third-order valence-corrected chi connectivity index (χ3v) is 3.45. The SMILES string of the molecule is CCn1ncnc1CC(Cc1ccsc1)NN. The molecule has 0 saturated heterocycles. The van der Waals surface area contributed by atoms with Crippen molar-refractivity contribution in [3.05, 3.63) is 34.5 Å². The minimum atomic E-state index is 0.194. The Morgan fingerprint density at radius 1 is 1.53 bits per heavy atom. The van der Waals surface area contributed by atoms with Crippen LogP contribution in [-0.4, -0.2) is 20.8 Å². The Kier molecular flexibility index (Phi) is 4.24. The first-order valence-electron chi connectivity index (χ1n) is 5.67. The second kappa shape index (κ2) is 5.90. The van der Waals surface area contributed by atoms with Gasteiger partial charge in [-0.05, 0) is 35.7 Å². The van der Waals surface area contributed by atoms with Crippen LogP contribution in [0.15, 0.2) is 23.2 Å². The summed E-state index contributed by atoms with van der Waals surface area (Å²) >= 11 is 1.71. The van der Waals surface area contributed by atoms with Crippen molar-refractivity contribution in [2.45, 2.75) is 32.4 Å². The number of nitrogens with one attached hydrogen (secondary N) is 1. The molecular weight excluding hydrogens is 234 g/mol. The second-order valence-corrected chi connectivity index (χ2v) is 4.68. The average Bonchev–Trinajstić information content (AvgIpc) is 2.99. The quantitative estimate of drug-likeness (QED) is 0.593. The lowest BCUT2D eigenvalue weighted by Gasteiger charge is -2.14. The van der Waals surface area contributed by atoms with Crippen LogP contribution in [0.3, 0.4) is 0 Å². The lowest BCUT2D eigenvalue weighted by atomic mass is 10.1. The zero-order valence-electron chi connectivity index (χ0n) is 9.84. The van der Waals surface area contributed by atoms with Gasteiger partial charge >= 0.3 is 0 Å². The van der Waals surface area contributed by atoms with Gasteiger partial charge in [-0.15, -0.1) is 0 Å². The van der Waals surface area contributed by atoms with Gasteiger partial charge in [0, 0.05) is 19.0 Å². The summed E-state index contributed by atoms with van der Waals surface area (Å²) in [6.07, 6.45) is 3.30. The van der Waals surface area contributed by atoms with Crippen LogP contribution >= 0.6 is 11.3 Å². The van der Waals surface area contributed by atoms with Gasteiger partial charge in [0.05, 0.1) is 0 Å². The first-order valence-corrected chi connectivity index (χ1v) is 6.61. The average molecular weight is 251 g/mol. The number of thiophene rings is 1. The molecule has 0 aliphatic carbocycles. The molecule has 92 valence electrons. The summed E-state index contributed by atoms with van der Waals surface area (Å²) in [6.45, 7) is 2.90. The number of hydrogen-bond donors (Lipinski definition) is 2. The van der Waals surface area contributed by atoms with Crippen molar-refractivity contribution in [2.75, 3.05) is 0 Å². The van der Waals surface area contributed by atoms with Crippen LogP contribution in [0.1, 0.15) is 18.3 Å². The fourth-order valence-electron chi connectivity index (χ4n) is 1.81. The fourth-order valence-corrected chi connectivity index (χ4v) is 2.50. The molecule has 0 saturated carbocycles. The third-order valence-electron chi connectivity index (χ3n) is 2.72. The van der Waals surface area contributed by atoms with E-state index in [1.165, 1.54) is 5.56 Å².